The van der Waals surface area contributed by atoms with E-state index in [2.05, 4.69) is 5.32 Å². The molecule has 33 heavy (non-hydrogen) atoms. The van der Waals surface area contributed by atoms with Crippen LogP contribution >= 0.6 is 11.6 Å². The molecule has 3 aromatic carbocycles. The molecule has 0 saturated heterocycles. The molecule has 0 aliphatic heterocycles. The number of sulfone groups is 1. The maximum absolute atomic E-state index is 12.8. The van der Waals surface area contributed by atoms with Gasteiger partial charge in [0.15, 0.2) is 0 Å². The zero-order valence-electron chi connectivity index (χ0n) is 18.5. The van der Waals surface area contributed by atoms with Crippen LogP contribution in [0.1, 0.15) is 24.2 Å². The number of halogens is 1. The number of nitrogens with one attached hydrogen (secondary N) is 1. The van der Waals surface area contributed by atoms with Crippen molar-refractivity contribution in [3.63, 3.8) is 0 Å². The van der Waals surface area contributed by atoms with Gasteiger partial charge in [0.1, 0.15) is 5.75 Å². The Hall–Kier alpha value is -1.71. The Kier molecular flexibility index (Phi) is 10.6. The van der Waals surface area contributed by atoms with Gasteiger partial charge in [0, 0.05) is 48.0 Å². The van der Waals surface area contributed by atoms with Crippen molar-refractivity contribution in [2.24, 2.45) is 0 Å². The van der Waals surface area contributed by atoms with Gasteiger partial charge < -0.3 is 15.2 Å². The summed E-state index contributed by atoms with van der Waals surface area (Å²) in [7, 11) is -3.67. The molecule has 0 amide bonds. The molecule has 0 fully saturated rings. The van der Waals surface area contributed by atoms with Crippen molar-refractivity contribution in [2.75, 3.05) is 13.1 Å². The van der Waals surface area contributed by atoms with E-state index in [1.807, 2.05) is 6.07 Å². The fraction of sp³-hybridized carbons (Fsp3) is 0.208. The summed E-state index contributed by atoms with van der Waals surface area (Å²) >= 11 is 5.95. The molecular weight excluding hydrogens is 473 g/mol. The van der Waals surface area contributed by atoms with E-state index in [0.29, 0.717) is 30.3 Å². The summed E-state index contributed by atoms with van der Waals surface area (Å²) in [6.07, 6.45) is 0.0214. The number of carbonyl (C=O) groups excluding carboxylic acids is 1. The summed E-state index contributed by atoms with van der Waals surface area (Å²) in [5, 5.41) is 14.0. The largest absolute Gasteiger partial charge is 0.427 e. The summed E-state index contributed by atoms with van der Waals surface area (Å²) in [6, 6.07) is 19.5. The molecular formula is C24H24ClNNaO5S. The van der Waals surface area contributed by atoms with E-state index in [4.69, 9.17) is 16.3 Å². The summed E-state index contributed by atoms with van der Waals surface area (Å²) in [4.78, 5) is 11.3. The van der Waals surface area contributed by atoms with Crippen LogP contribution in [0.25, 0.3) is 0 Å². The van der Waals surface area contributed by atoms with E-state index in [-0.39, 0.29) is 39.3 Å². The number of hydrogen-bond acceptors (Lipinski definition) is 6. The number of carbonyl (C=O) groups is 1. The van der Waals surface area contributed by atoms with Gasteiger partial charge >= 0.3 is 5.97 Å². The van der Waals surface area contributed by atoms with Crippen molar-refractivity contribution in [1.82, 2.24) is 5.32 Å². The first-order chi connectivity index (χ1) is 15.3. The number of ether oxygens (including phenoxy) is 1. The number of benzene rings is 3. The topological polar surface area (TPSA) is 92.7 Å². The molecule has 6 nitrogen and oxygen atoms in total. The van der Waals surface area contributed by atoms with Gasteiger partial charge in [0.05, 0.1) is 15.9 Å². The third-order valence-corrected chi connectivity index (χ3v) is 6.81. The fourth-order valence-electron chi connectivity index (χ4n) is 3.13. The summed E-state index contributed by atoms with van der Waals surface area (Å²) in [5.74, 6) is -0.176. The van der Waals surface area contributed by atoms with Crippen LogP contribution in [0.3, 0.4) is 0 Å². The van der Waals surface area contributed by atoms with Gasteiger partial charge in [-0.1, -0.05) is 35.9 Å². The van der Waals surface area contributed by atoms with E-state index >= 15 is 0 Å². The summed E-state index contributed by atoms with van der Waals surface area (Å²) in [6.45, 7) is 2.29. The standard InChI is InChI=1S/C24H24ClNO5S.Na/c1-17(27)31-21-7-11-23(12-8-21)32(29,30)22-9-5-18(6-10-22)13-14-26-16-24(28)19-3-2-4-20(25)15-19;/h2-12,15,24,26,28H,13-14,16H2,1H3;/t24-;/m0./s1. The summed E-state index contributed by atoms with van der Waals surface area (Å²) in [5.41, 5.74) is 1.72. The van der Waals surface area contributed by atoms with Crippen LogP contribution in [-0.2, 0) is 21.1 Å². The van der Waals surface area contributed by atoms with Crippen LogP contribution in [0.5, 0.6) is 5.75 Å². The molecule has 0 unspecified atom stereocenters. The predicted octanol–water partition coefficient (Wildman–Crippen LogP) is 3.58. The second-order valence-electron chi connectivity index (χ2n) is 7.24. The maximum Gasteiger partial charge on any atom is 0.308 e. The molecule has 0 saturated carbocycles. The van der Waals surface area contributed by atoms with Gasteiger partial charge in [-0.05, 0) is 72.6 Å². The molecule has 9 heteroatoms. The molecule has 0 aromatic heterocycles. The SMILES string of the molecule is CC(=O)Oc1ccc(S(=O)(=O)c2ccc(CCNC[C@H](O)c3cccc(Cl)c3)cc2)cc1.[Na]. The van der Waals surface area contributed by atoms with Crippen LogP contribution in [0.2, 0.25) is 5.02 Å². The van der Waals surface area contributed by atoms with Gasteiger partial charge in [0.25, 0.3) is 0 Å². The van der Waals surface area contributed by atoms with Crippen LogP contribution in [-0.4, -0.2) is 62.1 Å². The van der Waals surface area contributed by atoms with E-state index < -0.39 is 21.9 Å². The van der Waals surface area contributed by atoms with E-state index in [1.54, 1.807) is 42.5 Å². The van der Waals surface area contributed by atoms with Gasteiger partial charge in [-0.15, -0.1) is 0 Å². The zero-order valence-corrected chi connectivity index (χ0v) is 22.1. The van der Waals surface area contributed by atoms with Gasteiger partial charge in [-0.2, -0.15) is 0 Å². The number of hydrogen-bond donors (Lipinski definition) is 2. The van der Waals surface area contributed by atoms with E-state index in [9.17, 15) is 18.3 Å². The van der Waals surface area contributed by atoms with Crippen molar-refractivity contribution >= 4 is 57.0 Å². The molecule has 0 aliphatic carbocycles. The van der Waals surface area contributed by atoms with Crippen molar-refractivity contribution in [3.05, 3.63) is 88.9 Å². The molecule has 2 N–H and O–H groups in total. The zero-order chi connectivity index (χ0) is 23.1. The second kappa shape index (κ2) is 12.7. The molecule has 1 atom stereocenters. The number of aliphatic hydroxyl groups excluding tert-OH is 1. The molecule has 0 bridgehead atoms. The fourth-order valence-corrected chi connectivity index (χ4v) is 4.59. The van der Waals surface area contributed by atoms with Crippen LogP contribution in [0, 0.1) is 0 Å². The minimum Gasteiger partial charge on any atom is -0.427 e. The quantitative estimate of drug-likeness (QED) is 0.203. The van der Waals surface area contributed by atoms with Gasteiger partial charge in [0.2, 0.25) is 9.84 Å². The number of rotatable bonds is 9. The Balaban J connectivity index is 0.00000385. The first-order valence-corrected chi connectivity index (χ1v) is 11.9. The number of aliphatic hydroxyl groups is 1. The van der Waals surface area contributed by atoms with Crippen LogP contribution < -0.4 is 10.1 Å². The molecule has 169 valence electrons. The Morgan fingerprint density at radius 2 is 1.64 bits per heavy atom. The molecule has 1 radical (unpaired) electrons. The molecule has 3 aromatic rings. The average Bonchev–Trinajstić information content (AvgIpc) is 2.77. The van der Waals surface area contributed by atoms with E-state index in [0.717, 1.165) is 11.1 Å². The Morgan fingerprint density at radius 3 is 2.21 bits per heavy atom. The Labute approximate surface area is 221 Å². The number of esters is 1. The monoisotopic (exact) mass is 496 g/mol. The van der Waals surface area contributed by atoms with Crippen LogP contribution in [0.15, 0.2) is 82.6 Å². The molecule has 0 spiro atoms. The predicted molar refractivity (Wildman–Crippen MR) is 128 cm³/mol. The molecule has 0 heterocycles. The van der Waals surface area contributed by atoms with E-state index in [1.165, 1.54) is 31.2 Å². The van der Waals surface area contributed by atoms with Crippen molar-refractivity contribution in [3.8, 4) is 5.75 Å². The Morgan fingerprint density at radius 1 is 1.03 bits per heavy atom. The average molecular weight is 497 g/mol. The normalized spacial score (nSPS) is 12.0. The summed E-state index contributed by atoms with van der Waals surface area (Å²) < 4.78 is 30.6. The second-order valence-corrected chi connectivity index (χ2v) is 9.62. The smallest absolute Gasteiger partial charge is 0.308 e. The molecule has 0 aliphatic rings. The van der Waals surface area contributed by atoms with Crippen molar-refractivity contribution in [2.45, 2.75) is 29.2 Å². The minimum atomic E-state index is -3.67. The van der Waals surface area contributed by atoms with Gasteiger partial charge in [-0.3, -0.25) is 4.79 Å². The van der Waals surface area contributed by atoms with Crippen molar-refractivity contribution in [1.29, 1.82) is 0 Å². The molecule has 3 rings (SSSR count). The maximum atomic E-state index is 12.8. The van der Waals surface area contributed by atoms with Crippen molar-refractivity contribution < 1.29 is 23.1 Å². The van der Waals surface area contributed by atoms with Gasteiger partial charge in [-0.25, -0.2) is 8.42 Å². The first-order valence-electron chi connectivity index (χ1n) is 10.0. The minimum absolute atomic E-state index is 0. The Bertz CT molecular complexity index is 1170. The van der Waals surface area contributed by atoms with Crippen LogP contribution in [0.4, 0.5) is 0 Å². The first kappa shape index (κ1) is 27.5. The third kappa shape index (κ3) is 7.93. The third-order valence-electron chi connectivity index (χ3n) is 4.79.